The van der Waals surface area contributed by atoms with E-state index >= 15 is 0 Å². The number of rotatable bonds is 7. The van der Waals surface area contributed by atoms with Crippen LogP contribution in [0.5, 0.6) is 11.5 Å². The van der Waals surface area contributed by atoms with Gasteiger partial charge in [-0.15, -0.1) is 0 Å². The molecule has 0 aromatic heterocycles. The van der Waals surface area contributed by atoms with Gasteiger partial charge in [-0.3, -0.25) is 0 Å². The lowest BCUT2D eigenvalue weighted by Crippen LogP contribution is -2.22. The average molecular weight is 253 g/mol. The van der Waals surface area contributed by atoms with E-state index in [0.29, 0.717) is 0 Å². The van der Waals surface area contributed by atoms with Crippen molar-refractivity contribution in [3.63, 3.8) is 0 Å². The first-order valence-corrected chi connectivity index (χ1v) is 6.14. The molecule has 1 aromatic rings. The summed E-state index contributed by atoms with van der Waals surface area (Å²) in [5, 5.41) is 3.14. The van der Waals surface area contributed by atoms with Crippen LogP contribution >= 0.6 is 0 Å². The van der Waals surface area contributed by atoms with E-state index in [2.05, 4.69) is 5.32 Å². The first-order chi connectivity index (χ1) is 8.62. The largest absolute Gasteiger partial charge is 0.493 e. The molecule has 0 fully saturated rings. The van der Waals surface area contributed by atoms with Crippen molar-refractivity contribution in [2.24, 2.45) is 0 Å². The minimum atomic E-state index is 0.00908. The Kier molecular flexibility index (Phi) is 5.95. The molecule has 1 aromatic carbocycles. The molecule has 1 rings (SSSR count). The van der Waals surface area contributed by atoms with Crippen molar-refractivity contribution < 1.29 is 14.2 Å². The maximum atomic E-state index is 5.89. The molecule has 0 aliphatic rings. The van der Waals surface area contributed by atoms with Crippen LogP contribution in [-0.2, 0) is 4.74 Å². The van der Waals surface area contributed by atoms with Crippen molar-refractivity contribution in [3.8, 4) is 11.5 Å². The quantitative estimate of drug-likeness (QED) is 0.810. The van der Waals surface area contributed by atoms with E-state index in [1.807, 2.05) is 39.1 Å². The minimum Gasteiger partial charge on any atom is -0.493 e. The topological polar surface area (TPSA) is 39.7 Å². The van der Waals surface area contributed by atoms with E-state index in [-0.39, 0.29) is 12.2 Å². The molecular formula is C14H23NO3. The van der Waals surface area contributed by atoms with E-state index in [0.717, 1.165) is 23.6 Å². The van der Waals surface area contributed by atoms with Gasteiger partial charge < -0.3 is 19.5 Å². The molecular weight excluding hydrogens is 230 g/mol. The highest BCUT2D eigenvalue weighted by atomic mass is 16.5. The van der Waals surface area contributed by atoms with Gasteiger partial charge in [0.25, 0.3) is 0 Å². The zero-order valence-electron chi connectivity index (χ0n) is 11.8. The van der Waals surface area contributed by atoms with Crippen molar-refractivity contribution >= 4 is 0 Å². The third-order valence-electron chi connectivity index (χ3n) is 2.61. The highest BCUT2D eigenvalue weighted by Crippen LogP contribution is 2.31. The third kappa shape index (κ3) is 3.89. The zero-order chi connectivity index (χ0) is 13.5. The summed E-state index contributed by atoms with van der Waals surface area (Å²) in [5.74, 6) is 1.46. The molecule has 4 nitrogen and oxygen atoms in total. The van der Waals surface area contributed by atoms with Gasteiger partial charge >= 0.3 is 0 Å². The molecule has 0 bridgehead atoms. The number of hydrogen-bond donors (Lipinski definition) is 1. The monoisotopic (exact) mass is 253 g/mol. The maximum Gasteiger partial charge on any atom is 0.161 e. The second-order valence-corrected chi connectivity index (χ2v) is 4.35. The molecule has 0 heterocycles. The van der Waals surface area contributed by atoms with Crippen LogP contribution in [0.1, 0.15) is 25.5 Å². The molecule has 18 heavy (non-hydrogen) atoms. The molecule has 0 saturated heterocycles. The van der Waals surface area contributed by atoms with Crippen molar-refractivity contribution in [2.45, 2.75) is 26.1 Å². The fourth-order valence-electron chi connectivity index (χ4n) is 1.81. The SMILES string of the molecule is CNC[C@H](OC(C)C)c1ccc(OC)c(OC)c1. The van der Waals surface area contributed by atoms with Gasteiger partial charge in [-0.2, -0.15) is 0 Å². The minimum absolute atomic E-state index is 0.00908. The highest BCUT2D eigenvalue weighted by molar-refractivity contribution is 5.43. The maximum absolute atomic E-state index is 5.89. The molecule has 102 valence electrons. The summed E-state index contributed by atoms with van der Waals surface area (Å²) in [6, 6.07) is 5.87. The summed E-state index contributed by atoms with van der Waals surface area (Å²) in [6.45, 7) is 4.82. The van der Waals surface area contributed by atoms with Crippen LogP contribution in [0.15, 0.2) is 18.2 Å². The molecule has 0 unspecified atom stereocenters. The van der Waals surface area contributed by atoms with Crippen LogP contribution in [0.3, 0.4) is 0 Å². The van der Waals surface area contributed by atoms with E-state index in [4.69, 9.17) is 14.2 Å². The summed E-state index contributed by atoms with van der Waals surface area (Å²) in [7, 11) is 5.18. The van der Waals surface area contributed by atoms with Crippen molar-refractivity contribution in [1.29, 1.82) is 0 Å². The second-order valence-electron chi connectivity index (χ2n) is 4.35. The summed E-state index contributed by atoms with van der Waals surface area (Å²) in [6.07, 6.45) is 0.186. The lowest BCUT2D eigenvalue weighted by atomic mass is 10.1. The van der Waals surface area contributed by atoms with Gasteiger partial charge in [0.15, 0.2) is 11.5 Å². The Morgan fingerprint density at radius 1 is 1.11 bits per heavy atom. The standard InChI is InChI=1S/C14H23NO3/c1-10(2)18-14(9-15-3)11-6-7-12(16-4)13(8-11)17-5/h6-8,10,14-15H,9H2,1-5H3/t14-/m0/s1. The van der Waals surface area contributed by atoms with E-state index in [1.54, 1.807) is 14.2 Å². The van der Waals surface area contributed by atoms with Crippen LogP contribution in [0, 0.1) is 0 Å². The number of nitrogens with one attached hydrogen (secondary N) is 1. The smallest absolute Gasteiger partial charge is 0.161 e. The first-order valence-electron chi connectivity index (χ1n) is 6.14. The van der Waals surface area contributed by atoms with Crippen LogP contribution in [0.4, 0.5) is 0 Å². The summed E-state index contributed by atoms with van der Waals surface area (Å²) in [4.78, 5) is 0. The number of likely N-dealkylation sites (N-methyl/N-ethyl adjacent to an activating group) is 1. The second kappa shape index (κ2) is 7.24. The van der Waals surface area contributed by atoms with Crippen molar-refractivity contribution in [2.75, 3.05) is 27.8 Å². The molecule has 1 N–H and O–H groups in total. The van der Waals surface area contributed by atoms with Gasteiger partial charge in [0.2, 0.25) is 0 Å². The first kappa shape index (κ1) is 14.8. The van der Waals surface area contributed by atoms with Crippen LogP contribution < -0.4 is 14.8 Å². The Morgan fingerprint density at radius 3 is 2.28 bits per heavy atom. The van der Waals surface area contributed by atoms with Crippen LogP contribution in [0.25, 0.3) is 0 Å². The number of benzene rings is 1. The summed E-state index contributed by atoms with van der Waals surface area (Å²) in [5.41, 5.74) is 1.08. The molecule has 0 radical (unpaired) electrons. The number of hydrogen-bond acceptors (Lipinski definition) is 4. The average Bonchev–Trinajstić information content (AvgIpc) is 2.37. The van der Waals surface area contributed by atoms with Crippen molar-refractivity contribution in [1.82, 2.24) is 5.32 Å². The Morgan fingerprint density at radius 2 is 1.78 bits per heavy atom. The Labute approximate surface area is 109 Å². The Balaban J connectivity index is 2.97. The Bertz CT molecular complexity index is 366. The number of ether oxygens (including phenoxy) is 3. The molecule has 0 amide bonds. The fraction of sp³-hybridized carbons (Fsp3) is 0.571. The van der Waals surface area contributed by atoms with Crippen molar-refractivity contribution in [3.05, 3.63) is 23.8 Å². The van der Waals surface area contributed by atoms with Crippen LogP contribution in [-0.4, -0.2) is 33.9 Å². The Hall–Kier alpha value is -1.26. The highest BCUT2D eigenvalue weighted by Gasteiger charge is 2.15. The van der Waals surface area contributed by atoms with E-state index in [1.165, 1.54) is 0 Å². The van der Waals surface area contributed by atoms with Crippen LogP contribution in [0.2, 0.25) is 0 Å². The molecule has 0 aliphatic heterocycles. The van der Waals surface area contributed by atoms with Gasteiger partial charge in [0.1, 0.15) is 0 Å². The molecule has 0 aliphatic carbocycles. The van der Waals surface area contributed by atoms with E-state index < -0.39 is 0 Å². The predicted molar refractivity (Wildman–Crippen MR) is 72.4 cm³/mol. The molecule has 0 saturated carbocycles. The molecule has 1 atom stereocenters. The fourth-order valence-corrected chi connectivity index (χ4v) is 1.81. The summed E-state index contributed by atoms with van der Waals surface area (Å²) >= 11 is 0. The molecule has 0 spiro atoms. The van der Waals surface area contributed by atoms with Gasteiger partial charge in [0, 0.05) is 6.54 Å². The van der Waals surface area contributed by atoms with Gasteiger partial charge in [-0.1, -0.05) is 6.07 Å². The van der Waals surface area contributed by atoms with Gasteiger partial charge in [-0.05, 0) is 38.6 Å². The predicted octanol–water partition coefficient (Wildman–Crippen LogP) is 2.39. The zero-order valence-corrected chi connectivity index (χ0v) is 11.8. The summed E-state index contributed by atoms with van der Waals surface area (Å²) < 4.78 is 16.4. The lowest BCUT2D eigenvalue weighted by molar-refractivity contribution is 0.00801. The van der Waals surface area contributed by atoms with Gasteiger partial charge in [-0.25, -0.2) is 0 Å². The van der Waals surface area contributed by atoms with E-state index in [9.17, 15) is 0 Å². The normalized spacial score (nSPS) is 12.6. The molecule has 4 heteroatoms. The van der Waals surface area contributed by atoms with Gasteiger partial charge in [0.05, 0.1) is 26.4 Å². The third-order valence-corrected chi connectivity index (χ3v) is 2.61. The number of methoxy groups -OCH3 is 2. The lowest BCUT2D eigenvalue weighted by Gasteiger charge is -2.21.